The van der Waals surface area contributed by atoms with Gasteiger partial charge in [0.25, 0.3) is 0 Å². The number of anilines is 1. The molecule has 0 fully saturated rings. The molecule has 1 aromatic heterocycles. The molecule has 0 aliphatic rings. The fraction of sp³-hybridized carbons (Fsp3) is 0.364. The van der Waals surface area contributed by atoms with Crippen LogP contribution in [0.25, 0.3) is 0 Å². The molecule has 92 valence electrons. The zero-order valence-electron chi connectivity index (χ0n) is 9.87. The first-order valence-corrected chi connectivity index (χ1v) is 5.82. The van der Waals surface area contributed by atoms with Crippen molar-refractivity contribution in [1.82, 2.24) is 10.3 Å². The van der Waals surface area contributed by atoms with E-state index in [0.29, 0.717) is 10.8 Å². The molecule has 0 saturated carbocycles. The average Bonchev–Trinajstić information content (AvgIpc) is 2.20. The third-order valence-electron chi connectivity index (χ3n) is 1.92. The fourth-order valence-corrected chi connectivity index (χ4v) is 1.29. The van der Waals surface area contributed by atoms with E-state index in [1.54, 1.807) is 18.3 Å². The second-order valence-corrected chi connectivity index (χ2v) is 5.27. The number of thiocarbonyl (C=S) groups is 1. The Morgan fingerprint density at radius 3 is 2.65 bits per heavy atom. The van der Waals surface area contributed by atoms with Crippen LogP contribution in [0.3, 0.4) is 0 Å². The van der Waals surface area contributed by atoms with Crippen LogP contribution in [0.15, 0.2) is 18.3 Å². The van der Waals surface area contributed by atoms with Crippen LogP contribution in [0, 0.1) is 5.41 Å². The van der Waals surface area contributed by atoms with Crippen LogP contribution in [0.4, 0.5) is 5.69 Å². The maximum Gasteiger partial charge on any atom is 0.231 e. The average molecular weight is 272 g/mol. The summed E-state index contributed by atoms with van der Waals surface area (Å²) in [5.74, 6) is -0.157. The van der Waals surface area contributed by atoms with E-state index >= 15 is 0 Å². The van der Waals surface area contributed by atoms with Gasteiger partial charge in [-0.15, -0.1) is 0 Å². The Balaban J connectivity index is 2.63. The van der Waals surface area contributed by atoms with Gasteiger partial charge in [-0.25, -0.2) is 4.98 Å². The van der Waals surface area contributed by atoms with Crippen LogP contribution in [0.1, 0.15) is 20.8 Å². The van der Waals surface area contributed by atoms with Crippen LogP contribution in [-0.4, -0.2) is 16.0 Å². The number of nitrogens with zero attached hydrogens (tertiary/aromatic N) is 1. The molecular formula is C11H14ClN3OS. The van der Waals surface area contributed by atoms with Gasteiger partial charge in [-0.05, 0) is 24.4 Å². The Bertz CT molecular complexity index is 443. The van der Waals surface area contributed by atoms with Crippen LogP contribution in [-0.2, 0) is 4.79 Å². The molecule has 0 unspecified atom stereocenters. The Kier molecular flexibility index (Phi) is 4.42. The summed E-state index contributed by atoms with van der Waals surface area (Å²) in [6, 6.07) is 3.45. The highest BCUT2D eigenvalue weighted by Crippen LogP contribution is 2.17. The van der Waals surface area contributed by atoms with Gasteiger partial charge in [0.05, 0.1) is 5.69 Å². The lowest BCUT2D eigenvalue weighted by Crippen LogP contribution is -2.41. The lowest BCUT2D eigenvalue weighted by Gasteiger charge is -2.18. The summed E-state index contributed by atoms with van der Waals surface area (Å²) in [5, 5.41) is 5.92. The molecule has 0 aliphatic carbocycles. The highest BCUT2D eigenvalue weighted by atomic mass is 35.5. The summed E-state index contributed by atoms with van der Waals surface area (Å²) in [7, 11) is 0. The number of amides is 1. The normalized spacial score (nSPS) is 10.8. The Morgan fingerprint density at radius 2 is 2.12 bits per heavy atom. The van der Waals surface area contributed by atoms with Gasteiger partial charge in [-0.1, -0.05) is 32.4 Å². The molecule has 17 heavy (non-hydrogen) atoms. The molecule has 4 nitrogen and oxygen atoms in total. The topological polar surface area (TPSA) is 54.0 Å². The Hall–Kier alpha value is -1.20. The summed E-state index contributed by atoms with van der Waals surface area (Å²) in [6.45, 7) is 5.42. The molecular weight excluding hydrogens is 258 g/mol. The standard InChI is InChI=1S/C11H14ClN3OS/c1-11(2,3)9(16)15-10(17)14-7-5-4-6-13-8(7)12/h4-6H,1-3H3,(H2,14,15,16,17). The van der Waals surface area contributed by atoms with Gasteiger partial charge < -0.3 is 10.6 Å². The summed E-state index contributed by atoms with van der Waals surface area (Å²) < 4.78 is 0. The highest BCUT2D eigenvalue weighted by molar-refractivity contribution is 7.80. The number of carbonyl (C=O) groups is 1. The minimum atomic E-state index is -0.496. The Labute approximate surface area is 111 Å². The molecule has 0 atom stereocenters. The van der Waals surface area contributed by atoms with E-state index < -0.39 is 5.41 Å². The first-order valence-electron chi connectivity index (χ1n) is 5.03. The molecule has 6 heteroatoms. The van der Waals surface area contributed by atoms with Crippen molar-refractivity contribution in [2.24, 2.45) is 5.41 Å². The molecule has 1 amide bonds. The van der Waals surface area contributed by atoms with Crippen molar-refractivity contribution in [1.29, 1.82) is 0 Å². The van der Waals surface area contributed by atoms with Crippen LogP contribution in [0.2, 0.25) is 5.15 Å². The fourth-order valence-electron chi connectivity index (χ4n) is 0.923. The number of hydrogen-bond donors (Lipinski definition) is 2. The minimum absolute atomic E-state index is 0.157. The van der Waals surface area contributed by atoms with Gasteiger partial charge >= 0.3 is 0 Å². The van der Waals surface area contributed by atoms with Gasteiger partial charge in [0, 0.05) is 11.6 Å². The first kappa shape index (κ1) is 13.9. The lowest BCUT2D eigenvalue weighted by molar-refractivity contribution is -0.126. The molecule has 1 aromatic rings. The monoisotopic (exact) mass is 271 g/mol. The zero-order chi connectivity index (χ0) is 13.1. The molecule has 0 spiro atoms. The number of hydrogen-bond acceptors (Lipinski definition) is 3. The molecule has 0 radical (unpaired) electrons. The van der Waals surface area contributed by atoms with Crippen molar-refractivity contribution in [3.8, 4) is 0 Å². The smallest absolute Gasteiger partial charge is 0.231 e. The summed E-state index contributed by atoms with van der Waals surface area (Å²) in [4.78, 5) is 15.6. The van der Waals surface area contributed by atoms with Crippen molar-refractivity contribution in [2.45, 2.75) is 20.8 Å². The number of rotatable bonds is 1. The van der Waals surface area contributed by atoms with E-state index in [4.69, 9.17) is 23.8 Å². The largest absolute Gasteiger partial charge is 0.330 e. The molecule has 1 rings (SSSR count). The predicted octanol–water partition coefficient (Wildman–Crippen LogP) is 2.59. The molecule has 0 aliphatic heterocycles. The van der Waals surface area contributed by atoms with Crippen molar-refractivity contribution in [3.05, 3.63) is 23.5 Å². The van der Waals surface area contributed by atoms with Crippen molar-refractivity contribution >= 4 is 40.5 Å². The number of pyridine rings is 1. The van der Waals surface area contributed by atoms with E-state index in [1.165, 1.54) is 0 Å². The van der Waals surface area contributed by atoms with Crippen molar-refractivity contribution in [3.63, 3.8) is 0 Å². The van der Waals surface area contributed by atoms with E-state index in [1.807, 2.05) is 20.8 Å². The SMILES string of the molecule is CC(C)(C)C(=O)NC(=S)Nc1cccnc1Cl. The van der Waals surface area contributed by atoms with Gasteiger partial charge in [-0.2, -0.15) is 0 Å². The molecule has 0 bridgehead atoms. The van der Waals surface area contributed by atoms with Crippen LogP contribution < -0.4 is 10.6 Å². The number of halogens is 1. The maximum atomic E-state index is 11.7. The molecule has 0 aromatic carbocycles. The van der Waals surface area contributed by atoms with Gasteiger partial charge in [-0.3, -0.25) is 4.79 Å². The maximum absolute atomic E-state index is 11.7. The number of aromatic nitrogens is 1. The predicted molar refractivity (Wildman–Crippen MR) is 73.1 cm³/mol. The third kappa shape index (κ3) is 4.28. The van der Waals surface area contributed by atoms with Gasteiger partial charge in [0.15, 0.2) is 10.3 Å². The van der Waals surface area contributed by atoms with Crippen LogP contribution in [0.5, 0.6) is 0 Å². The van der Waals surface area contributed by atoms with Gasteiger partial charge in [0.2, 0.25) is 5.91 Å². The van der Waals surface area contributed by atoms with E-state index in [2.05, 4.69) is 15.6 Å². The van der Waals surface area contributed by atoms with Crippen LogP contribution >= 0.6 is 23.8 Å². The number of carbonyl (C=O) groups excluding carboxylic acids is 1. The summed E-state index contributed by atoms with van der Waals surface area (Å²) in [5.41, 5.74) is 0.0677. The highest BCUT2D eigenvalue weighted by Gasteiger charge is 2.22. The second kappa shape index (κ2) is 5.42. The molecule has 0 saturated heterocycles. The minimum Gasteiger partial charge on any atom is -0.330 e. The van der Waals surface area contributed by atoms with Crippen molar-refractivity contribution in [2.75, 3.05) is 5.32 Å². The zero-order valence-corrected chi connectivity index (χ0v) is 11.4. The lowest BCUT2D eigenvalue weighted by atomic mass is 9.96. The molecule has 1 heterocycles. The molecule has 2 N–H and O–H groups in total. The summed E-state index contributed by atoms with van der Waals surface area (Å²) >= 11 is 10.9. The number of nitrogens with one attached hydrogen (secondary N) is 2. The Morgan fingerprint density at radius 1 is 1.47 bits per heavy atom. The quantitative estimate of drug-likeness (QED) is 0.609. The van der Waals surface area contributed by atoms with E-state index in [-0.39, 0.29) is 11.0 Å². The van der Waals surface area contributed by atoms with Gasteiger partial charge in [0.1, 0.15) is 0 Å². The van der Waals surface area contributed by atoms with E-state index in [9.17, 15) is 4.79 Å². The first-order chi connectivity index (χ1) is 7.80. The third-order valence-corrected chi connectivity index (χ3v) is 2.42. The van der Waals surface area contributed by atoms with E-state index in [0.717, 1.165) is 0 Å². The van der Waals surface area contributed by atoms with Crippen molar-refractivity contribution < 1.29 is 4.79 Å². The second-order valence-electron chi connectivity index (χ2n) is 4.50. The summed E-state index contributed by atoms with van der Waals surface area (Å²) in [6.07, 6.45) is 1.57.